The third-order valence-electron chi connectivity index (χ3n) is 13.8. The third kappa shape index (κ3) is 12.2. The summed E-state index contributed by atoms with van der Waals surface area (Å²) in [6.45, 7) is 17.2. The van der Waals surface area contributed by atoms with E-state index in [-0.39, 0.29) is 55.3 Å². The van der Waals surface area contributed by atoms with Gasteiger partial charge in [0.05, 0.1) is 28.2 Å². The van der Waals surface area contributed by atoms with Crippen molar-refractivity contribution in [2.45, 2.75) is 92.9 Å². The Bertz CT molecular complexity index is 3360. The van der Waals surface area contributed by atoms with Gasteiger partial charge in [0.2, 0.25) is 0 Å². The van der Waals surface area contributed by atoms with E-state index >= 15 is 0 Å². The minimum absolute atomic E-state index is 0. The normalized spacial score (nSPS) is 11.5. The van der Waals surface area contributed by atoms with Crippen LogP contribution < -0.4 is 0 Å². The second-order valence-corrected chi connectivity index (χ2v) is 19.2. The predicted octanol–water partition coefficient (Wildman–Crippen LogP) is 18.4. The van der Waals surface area contributed by atoms with Crippen LogP contribution in [0.3, 0.4) is 0 Å². The molecule has 10 aromatic rings. The Morgan fingerprint density at radius 2 is 1.23 bits per heavy atom. The van der Waals surface area contributed by atoms with Crippen molar-refractivity contribution < 1.29 is 34.4 Å². The number of furan rings is 1. The van der Waals surface area contributed by atoms with E-state index in [4.69, 9.17) is 9.40 Å². The van der Waals surface area contributed by atoms with E-state index in [1.54, 1.807) is 6.20 Å². The summed E-state index contributed by atoms with van der Waals surface area (Å²) >= 11 is 0. The molecule has 3 aromatic heterocycles. The number of pyridine rings is 1. The Balaban J connectivity index is 0.000000234. The number of imidazole rings is 1. The molecule has 0 saturated heterocycles. The number of carbonyl (C=O) groups excluding carboxylic acids is 1. The second-order valence-electron chi connectivity index (χ2n) is 19.2. The fraction of sp³-hybridized carbons (Fsp3) is 0.239. The van der Waals surface area contributed by atoms with Crippen LogP contribution in [0.5, 0.6) is 0 Å². The Hall–Kier alpha value is -7.18. The molecule has 0 aliphatic rings. The van der Waals surface area contributed by atoms with Crippen LogP contribution in [-0.4, -0.2) is 25.4 Å². The Morgan fingerprint density at radius 3 is 1.82 bits per heavy atom. The predicted molar refractivity (Wildman–Crippen MR) is 304 cm³/mol. The maximum atomic E-state index is 11.7. The fourth-order valence-electron chi connectivity index (χ4n) is 9.61. The second kappa shape index (κ2) is 25.7. The van der Waals surface area contributed by atoms with Crippen LogP contribution >= 0.6 is 0 Å². The number of rotatable bonds is 14. The number of aliphatic hydroxyl groups excluding tert-OH is 1. The van der Waals surface area contributed by atoms with Crippen molar-refractivity contribution >= 4 is 38.8 Å². The largest absolute Gasteiger partial charge is 0.512 e. The first-order valence-electron chi connectivity index (χ1n) is 26.0. The number of nitrogens with zero attached hydrogens (tertiary/aromatic N) is 3. The summed E-state index contributed by atoms with van der Waals surface area (Å²) in [7, 11) is 0. The molecular weight excluding hydrogens is 1090 g/mol. The van der Waals surface area contributed by atoms with Crippen molar-refractivity contribution in [2.24, 2.45) is 11.8 Å². The van der Waals surface area contributed by atoms with Gasteiger partial charge in [-0.25, -0.2) is 0 Å². The Labute approximate surface area is 451 Å². The van der Waals surface area contributed by atoms with E-state index in [1.807, 2.05) is 82.3 Å². The molecular formula is C67H67IrN3O3-2. The van der Waals surface area contributed by atoms with Crippen molar-refractivity contribution in [1.82, 2.24) is 14.5 Å². The number of carbonyl (C=O) groups is 1. The summed E-state index contributed by atoms with van der Waals surface area (Å²) in [6.07, 6.45) is 6.69. The van der Waals surface area contributed by atoms with E-state index in [2.05, 4.69) is 165 Å². The van der Waals surface area contributed by atoms with Crippen molar-refractivity contribution in [1.29, 1.82) is 0 Å². The van der Waals surface area contributed by atoms with E-state index in [1.165, 1.54) is 39.6 Å². The van der Waals surface area contributed by atoms with Crippen molar-refractivity contribution in [2.75, 3.05) is 0 Å². The molecule has 1 N–H and O–H groups in total. The molecule has 0 atom stereocenters. The van der Waals surface area contributed by atoms with Crippen LogP contribution in [0.1, 0.15) is 104 Å². The van der Waals surface area contributed by atoms with Crippen LogP contribution in [0.4, 0.5) is 0 Å². The van der Waals surface area contributed by atoms with E-state index in [0.717, 1.165) is 86.9 Å². The van der Waals surface area contributed by atoms with Gasteiger partial charge < -0.3 is 19.1 Å². The average Bonchev–Trinajstić information content (AvgIpc) is 4.01. The molecule has 0 bridgehead atoms. The van der Waals surface area contributed by atoms with Crippen LogP contribution in [0.25, 0.3) is 83.6 Å². The summed E-state index contributed by atoms with van der Waals surface area (Å²) < 4.78 is 9.10. The molecule has 7 heteroatoms. The quantitative estimate of drug-likeness (QED) is 0.0667. The van der Waals surface area contributed by atoms with E-state index in [9.17, 15) is 9.90 Å². The first-order chi connectivity index (χ1) is 35.5. The molecule has 7 aromatic carbocycles. The van der Waals surface area contributed by atoms with Crippen LogP contribution in [-0.2, 0) is 24.9 Å². The zero-order valence-electron chi connectivity index (χ0n) is 43.9. The van der Waals surface area contributed by atoms with Crippen molar-refractivity contribution in [3.05, 3.63) is 211 Å². The zero-order chi connectivity index (χ0) is 51.4. The van der Waals surface area contributed by atoms with Crippen LogP contribution in [0.2, 0.25) is 0 Å². The molecule has 0 spiro atoms. The average molecular weight is 1150 g/mol. The van der Waals surface area contributed by atoms with Crippen LogP contribution in [0.15, 0.2) is 192 Å². The minimum atomic E-state index is 0. The smallest absolute Gasteiger partial charge is 0.162 e. The monoisotopic (exact) mass is 1150 g/mol. The maximum absolute atomic E-state index is 11.7. The topological polar surface area (TPSA) is 81.2 Å². The van der Waals surface area contributed by atoms with Gasteiger partial charge in [-0.15, -0.1) is 54.1 Å². The number of allylic oxidation sites excluding steroid dienone is 2. The van der Waals surface area contributed by atoms with Gasteiger partial charge in [0.1, 0.15) is 5.58 Å². The molecule has 74 heavy (non-hydrogen) atoms. The first-order valence-corrected chi connectivity index (χ1v) is 26.0. The number of hydrogen-bond donors (Lipinski definition) is 1. The Morgan fingerprint density at radius 1 is 0.622 bits per heavy atom. The molecule has 0 amide bonds. The van der Waals surface area contributed by atoms with Gasteiger partial charge in [-0.05, 0) is 113 Å². The van der Waals surface area contributed by atoms with Gasteiger partial charge in [-0.2, -0.15) is 0 Å². The number of para-hydroxylation sites is 2. The zero-order valence-corrected chi connectivity index (χ0v) is 46.3. The SMILES string of the molecule is CC(C)c1cc(-c2ccccc2)cc(C(C)C)c1-n1c(-c2[c-]ccc3c2oc2cc(-c4ccccc4)ccc23)nc2ccccc21.CCC(CC)C(=O)/C=C(\O)C(CC)CC.[Ir].[c-]1ccccc1-c1ccccn1. The van der Waals surface area contributed by atoms with Gasteiger partial charge in [0.25, 0.3) is 0 Å². The first kappa shape index (κ1) is 54.6. The summed E-state index contributed by atoms with van der Waals surface area (Å²) in [4.78, 5) is 21.2. The summed E-state index contributed by atoms with van der Waals surface area (Å²) in [5.41, 5.74) is 15.1. The molecule has 10 rings (SSSR count). The number of hydrogen-bond acceptors (Lipinski definition) is 5. The standard InChI is InChI=1S/C43H35N2O.C13H24O2.C11H8N.Ir/c1-27(2)36-24-32(30-16-9-6-10-17-30)25-37(28(3)4)41(36)45-39-21-12-11-20-38(39)44-43(45)35-19-13-18-34-33-23-22-31(26-40(33)46-42(34)35)29-14-7-5-8-15-29;1-5-10(6-2)12(14)9-13(15)11(7-3)8-4;1-2-6-10(7-3-1)11-8-4-5-9-12-11;/h5-18,20-28H,1-4H3;9-11,14H,5-8H2,1-4H3;1-6,8-9H;/q-1;;-1;/b;12-9-;;. The molecule has 0 saturated carbocycles. The summed E-state index contributed by atoms with van der Waals surface area (Å²) in [6, 6.07) is 65.3. The third-order valence-corrected chi connectivity index (χ3v) is 13.8. The van der Waals surface area contributed by atoms with Gasteiger partial charge in [-0.1, -0.05) is 163 Å². The molecule has 6 nitrogen and oxygen atoms in total. The molecule has 0 fully saturated rings. The molecule has 379 valence electrons. The number of fused-ring (bicyclic) bond motifs is 4. The van der Waals surface area contributed by atoms with Crippen LogP contribution in [0, 0.1) is 24.0 Å². The van der Waals surface area contributed by atoms with E-state index in [0.29, 0.717) is 0 Å². The number of benzene rings is 7. The molecule has 1 radical (unpaired) electrons. The van der Waals surface area contributed by atoms with Gasteiger partial charge in [0.15, 0.2) is 5.78 Å². The number of ketones is 1. The summed E-state index contributed by atoms with van der Waals surface area (Å²) in [5, 5.41) is 11.9. The van der Waals surface area contributed by atoms with Gasteiger partial charge >= 0.3 is 0 Å². The van der Waals surface area contributed by atoms with Gasteiger partial charge in [-0.3, -0.25) is 9.78 Å². The molecule has 0 aliphatic carbocycles. The van der Waals surface area contributed by atoms with Crippen molar-refractivity contribution in [3.8, 4) is 50.6 Å². The summed E-state index contributed by atoms with van der Waals surface area (Å²) in [5.74, 6) is 1.96. The van der Waals surface area contributed by atoms with Gasteiger partial charge in [0, 0.05) is 55.3 Å². The molecule has 0 aliphatic heterocycles. The number of aliphatic hydroxyl groups is 1. The Kier molecular flexibility index (Phi) is 18.9. The number of aromatic nitrogens is 3. The minimum Gasteiger partial charge on any atom is -0.512 e. The van der Waals surface area contributed by atoms with Crippen molar-refractivity contribution in [3.63, 3.8) is 0 Å². The van der Waals surface area contributed by atoms with E-state index < -0.39 is 0 Å². The molecule has 3 heterocycles. The fourth-order valence-corrected chi connectivity index (χ4v) is 9.61. The maximum Gasteiger partial charge on any atom is 0.162 e. The molecule has 0 unspecified atom stereocenters.